The van der Waals surface area contributed by atoms with E-state index in [9.17, 15) is 9.59 Å². The van der Waals surface area contributed by atoms with E-state index in [4.69, 9.17) is 9.47 Å². The molecule has 1 heterocycles. The fourth-order valence-electron chi connectivity index (χ4n) is 2.90. The zero-order chi connectivity index (χ0) is 23.4. The van der Waals surface area contributed by atoms with Crippen molar-refractivity contribution in [2.24, 2.45) is 4.99 Å². The minimum atomic E-state index is -0.486. The second-order valence-corrected chi connectivity index (χ2v) is 9.22. The largest absolute Gasteiger partial charge is 0.444 e. The molecule has 0 saturated carbocycles. The molecule has 0 aromatic rings. The maximum absolute atomic E-state index is 11.9. The first-order chi connectivity index (χ1) is 14.5. The Bertz CT molecular complexity index is 587. The number of likely N-dealkylation sites (N-methyl/N-ethyl adjacent to an activating group) is 1. The second-order valence-electron chi connectivity index (χ2n) is 9.22. The zero-order valence-electron chi connectivity index (χ0n) is 20.9. The highest BCUT2D eigenvalue weighted by atomic mass is 127. The number of piperidine rings is 1. The Morgan fingerprint density at radius 2 is 1.84 bits per heavy atom. The van der Waals surface area contributed by atoms with Gasteiger partial charge in [0.15, 0.2) is 5.96 Å². The Morgan fingerprint density at radius 3 is 2.38 bits per heavy atom. The molecule has 1 unspecified atom stereocenters. The number of nitrogens with zero attached hydrogens (tertiary/aromatic N) is 3. The van der Waals surface area contributed by atoms with Gasteiger partial charge in [-0.2, -0.15) is 0 Å². The van der Waals surface area contributed by atoms with Gasteiger partial charge in [0, 0.05) is 46.4 Å². The fraction of sp³-hybridized carbons (Fsp3) is 0.864. The van der Waals surface area contributed by atoms with Gasteiger partial charge in [0.1, 0.15) is 12.1 Å². The molecule has 1 fully saturated rings. The summed E-state index contributed by atoms with van der Waals surface area (Å²) in [5, 5.41) is 6.19. The van der Waals surface area contributed by atoms with Crippen molar-refractivity contribution in [3.8, 4) is 0 Å². The predicted octanol–water partition coefficient (Wildman–Crippen LogP) is 2.83. The molecule has 1 aliphatic heterocycles. The lowest BCUT2D eigenvalue weighted by molar-refractivity contribution is -0.127. The molecular formula is C22H44IN5O4. The summed E-state index contributed by atoms with van der Waals surface area (Å²) in [5.41, 5.74) is -0.486. The van der Waals surface area contributed by atoms with Gasteiger partial charge in [-0.05, 0) is 53.4 Å². The van der Waals surface area contributed by atoms with Gasteiger partial charge >= 0.3 is 6.09 Å². The minimum Gasteiger partial charge on any atom is -0.444 e. The van der Waals surface area contributed by atoms with Crippen LogP contribution in [0.5, 0.6) is 0 Å². The maximum Gasteiger partial charge on any atom is 0.407 e. The molecular weight excluding hydrogens is 525 g/mol. The highest BCUT2D eigenvalue weighted by Crippen LogP contribution is 2.14. The minimum absolute atomic E-state index is 0. The summed E-state index contributed by atoms with van der Waals surface area (Å²) in [7, 11) is 3.48. The van der Waals surface area contributed by atoms with Gasteiger partial charge in [-0.3, -0.25) is 4.79 Å². The lowest BCUT2D eigenvalue weighted by atomic mass is 10.1. The summed E-state index contributed by atoms with van der Waals surface area (Å²) in [6.45, 7) is 12.7. The maximum atomic E-state index is 11.9. The normalized spacial score (nSPS) is 16.1. The molecule has 10 heteroatoms. The molecule has 0 spiro atoms. The van der Waals surface area contributed by atoms with Crippen LogP contribution >= 0.6 is 24.0 Å². The molecule has 9 nitrogen and oxygen atoms in total. The third kappa shape index (κ3) is 13.3. The number of hydrogen-bond acceptors (Lipinski definition) is 5. The first-order valence-corrected chi connectivity index (χ1v) is 11.4. The van der Waals surface area contributed by atoms with Crippen LogP contribution in [-0.2, 0) is 14.3 Å². The molecule has 0 aromatic carbocycles. The third-order valence-electron chi connectivity index (χ3n) is 4.94. The molecule has 1 saturated heterocycles. The Balaban J connectivity index is 0.00000961. The van der Waals surface area contributed by atoms with Crippen LogP contribution in [0.15, 0.2) is 4.99 Å². The van der Waals surface area contributed by atoms with E-state index in [2.05, 4.69) is 34.4 Å². The zero-order valence-corrected chi connectivity index (χ0v) is 23.2. The van der Waals surface area contributed by atoms with Gasteiger partial charge in [-0.25, -0.2) is 9.79 Å². The predicted molar refractivity (Wildman–Crippen MR) is 139 cm³/mol. The van der Waals surface area contributed by atoms with E-state index >= 15 is 0 Å². The van der Waals surface area contributed by atoms with Gasteiger partial charge in [-0.15, -0.1) is 24.0 Å². The number of hydrogen-bond donors (Lipinski definition) is 2. The standard InChI is InChI=1S/C22H43N5O4.HI/c1-8-17(2)25-20(24-16-19(28)26(6)7)27-13-10-18(11-14-27)30-15-9-12-23-21(29)31-22(3,4)5;/h17-18H,8-16H2,1-7H3,(H,23,29)(H,24,25);1H. The van der Waals surface area contributed by atoms with Crippen molar-refractivity contribution in [3.05, 3.63) is 0 Å². The molecule has 32 heavy (non-hydrogen) atoms. The van der Waals surface area contributed by atoms with Crippen molar-refractivity contribution < 1.29 is 19.1 Å². The number of guanidine groups is 1. The quantitative estimate of drug-likeness (QED) is 0.192. The number of aliphatic imine (C=N–C) groups is 1. The summed E-state index contributed by atoms with van der Waals surface area (Å²) in [5.74, 6) is 0.784. The Labute approximate surface area is 211 Å². The second kappa shape index (κ2) is 15.5. The van der Waals surface area contributed by atoms with E-state index in [1.165, 1.54) is 0 Å². The Hall–Kier alpha value is -1.30. The highest BCUT2D eigenvalue weighted by molar-refractivity contribution is 14.0. The number of ether oxygens (including phenoxy) is 2. The number of amides is 2. The van der Waals surface area contributed by atoms with Gasteiger partial charge < -0.3 is 29.9 Å². The molecule has 0 aromatic heterocycles. The van der Waals surface area contributed by atoms with Crippen LogP contribution in [0, 0.1) is 0 Å². The molecule has 2 N–H and O–H groups in total. The van der Waals surface area contributed by atoms with E-state index in [0.717, 1.165) is 44.7 Å². The van der Waals surface area contributed by atoms with Crippen LogP contribution in [0.3, 0.4) is 0 Å². The summed E-state index contributed by atoms with van der Waals surface area (Å²) >= 11 is 0. The third-order valence-corrected chi connectivity index (χ3v) is 4.94. The average molecular weight is 570 g/mol. The lowest BCUT2D eigenvalue weighted by Gasteiger charge is -2.35. The molecule has 0 aliphatic carbocycles. The molecule has 0 radical (unpaired) electrons. The first kappa shape index (κ1) is 30.7. The number of halogens is 1. The SMILES string of the molecule is CCC(C)NC(=NCC(=O)N(C)C)N1CCC(OCCCNC(=O)OC(C)(C)C)CC1.I. The van der Waals surface area contributed by atoms with Crippen LogP contribution < -0.4 is 10.6 Å². The van der Waals surface area contributed by atoms with Crippen LogP contribution in [0.1, 0.15) is 60.3 Å². The number of alkyl carbamates (subject to hydrolysis) is 1. The van der Waals surface area contributed by atoms with E-state index in [1.54, 1.807) is 19.0 Å². The number of likely N-dealkylation sites (tertiary alicyclic amines) is 1. The number of carbonyl (C=O) groups is 2. The number of rotatable bonds is 9. The molecule has 1 atom stereocenters. The van der Waals surface area contributed by atoms with Gasteiger partial charge in [0.25, 0.3) is 0 Å². The smallest absolute Gasteiger partial charge is 0.407 e. The van der Waals surface area contributed by atoms with Crippen molar-refractivity contribution in [1.29, 1.82) is 0 Å². The van der Waals surface area contributed by atoms with Gasteiger partial charge in [0.2, 0.25) is 5.91 Å². The van der Waals surface area contributed by atoms with Crippen molar-refractivity contribution in [2.75, 3.05) is 46.9 Å². The fourth-order valence-corrected chi connectivity index (χ4v) is 2.90. The molecule has 188 valence electrons. The van der Waals surface area contributed by atoms with Crippen molar-refractivity contribution in [2.45, 2.75) is 78.0 Å². The number of nitrogens with one attached hydrogen (secondary N) is 2. The molecule has 1 rings (SSSR count). The topological polar surface area (TPSA) is 95.5 Å². The van der Waals surface area contributed by atoms with Crippen molar-refractivity contribution in [3.63, 3.8) is 0 Å². The summed E-state index contributed by atoms with van der Waals surface area (Å²) in [6.07, 6.45) is 3.34. The molecule has 1 aliphatic rings. The lowest BCUT2D eigenvalue weighted by Crippen LogP contribution is -2.49. The Kier molecular flexibility index (Phi) is 14.9. The van der Waals surface area contributed by atoms with Gasteiger partial charge in [-0.1, -0.05) is 6.92 Å². The van der Waals surface area contributed by atoms with Crippen LogP contribution in [0.4, 0.5) is 4.79 Å². The highest BCUT2D eigenvalue weighted by Gasteiger charge is 2.23. The van der Waals surface area contributed by atoms with Gasteiger partial charge in [0.05, 0.1) is 6.10 Å². The van der Waals surface area contributed by atoms with E-state index < -0.39 is 11.7 Å². The van der Waals surface area contributed by atoms with Crippen molar-refractivity contribution in [1.82, 2.24) is 20.4 Å². The summed E-state index contributed by atoms with van der Waals surface area (Å²) in [6, 6.07) is 0.291. The Morgan fingerprint density at radius 1 is 1.22 bits per heavy atom. The average Bonchev–Trinajstić information content (AvgIpc) is 2.69. The number of carbonyl (C=O) groups excluding carboxylic acids is 2. The molecule has 2 amide bonds. The summed E-state index contributed by atoms with van der Waals surface area (Å²) in [4.78, 5) is 31.9. The first-order valence-electron chi connectivity index (χ1n) is 11.4. The molecule has 0 bridgehead atoms. The van der Waals surface area contributed by atoms with Crippen LogP contribution in [0.25, 0.3) is 0 Å². The summed E-state index contributed by atoms with van der Waals surface area (Å²) < 4.78 is 11.2. The van der Waals surface area contributed by atoms with Crippen LogP contribution in [-0.4, -0.2) is 92.4 Å². The van der Waals surface area contributed by atoms with E-state index in [-0.39, 0.29) is 42.5 Å². The van der Waals surface area contributed by atoms with E-state index in [0.29, 0.717) is 19.2 Å². The van der Waals surface area contributed by atoms with E-state index in [1.807, 2.05) is 20.8 Å². The van der Waals surface area contributed by atoms with Crippen LogP contribution in [0.2, 0.25) is 0 Å². The monoisotopic (exact) mass is 569 g/mol. The van der Waals surface area contributed by atoms with Crippen molar-refractivity contribution >= 4 is 41.9 Å².